The number of carbonyl (C=O) groups excluding carboxylic acids is 2. The van der Waals surface area contributed by atoms with Gasteiger partial charge < -0.3 is 16.0 Å². The maximum atomic E-state index is 13.1. The minimum atomic E-state index is -0.394. The molecule has 0 fully saturated rings. The van der Waals surface area contributed by atoms with Crippen LogP contribution in [0.25, 0.3) is 0 Å². The number of nitrogens with one attached hydrogen (secondary N) is 2. The molecule has 0 aliphatic carbocycles. The summed E-state index contributed by atoms with van der Waals surface area (Å²) in [6.45, 7) is 0.213. The zero-order chi connectivity index (χ0) is 19.3. The highest BCUT2D eigenvalue weighted by Gasteiger charge is 2.13. The third-order valence-electron chi connectivity index (χ3n) is 3.84. The minimum absolute atomic E-state index is 0.0821. The van der Waals surface area contributed by atoms with Crippen LogP contribution >= 0.6 is 0 Å². The van der Waals surface area contributed by atoms with Crippen LogP contribution in [0.3, 0.4) is 0 Å². The number of nitrogens with two attached hydrogens (primary N) is 1. The lowest BCUT2D eigenvalue weighted by atomic mass is 9.98. The molecule has 2 rings (SSSR count). The lowest BCUT2D eigenvalue weighted by molar-refractivity contribution is -0.128. The van der Waals surface area contributed by atoms with Gasteiger partial charge in [0.05, 0.1) is 5.71 Å². The van der Waals surface area contributed by atoms with Crippen LogP contribution in [0.1, 0.15) is 27.9 Å². The second-order valence-electron chi connectivity index (χ2n) is 5.98. The van der Waals surface area contributed by atoms with E-state index in [1.54, 1.807) is 26.2 Å². The van der Waals surface area contributed by atoms with Gasteiger partial charge in [0.15, 0.2) is 0 Å². The van der Waals surface area contributed by atoms with Crippen molar-refractivity contribution in [2.45, 2.75) is 6.42 Å². The molecule has 2 amide bonds. The van der Waals surface area contributed by atoms with Crippen molar-refractivity contribution < 1.29 is 14.0 Å². The molecule has 26 heavy (non-hydrogen) atoms. The topological polar surface area (TPSA) is 99.3 Å². The second-order valence-corrected chi connectivity index (χ2v) is 5.98. The molecule has 0 aliphatic heterocycles. The first kappa shape index (κ1) is 19.1. The summed E-state index contributed by atoms with van der Waals surface area (Å²) in [6.07, 6.45) is 0.200. The summed E-state index contributed by atoms with van der Waals surface area (Å²) in [5.41, 5.74) is 7.58. The molecule has 4 N–H and O–H groups in total. The summed E-state index contributed by atoms with van der Waals surface area (Å²) in [7, 11) is 3.30. The summed E-state index contributed by atoms with van der Waals surface area (Å²) in [6, 6.07) is 10.1. The average molecular weight is 356 g/mol. The van der Waals surface area contributed by atoms with Gasteiger partial charge in [0.25, 0.3) is 5.91 Å². The number of hydrogen-bond donors (Lipinski definition) is 3. The van der Waals surface area contributed by atoms with E-state index in [0.29, 0.717) is 22.4 Å². The van der Waals surface area contributed by atoms with E-state index in [-0.39, 0.29) is 30.5 Å². The molecule has 136 valence electrons. The van der Waals surface area contributed by atoms with E-state index in [1.807, 2.05) is 0 Å². The molecule has 0 heterocycles. The van der Waals surface area contributed by atoms with Crippen LogP contribution < -0.4 is 11.1 Å². The van der Waals surface area contributed by atoms with Crippen LogP contribution in [0.5, 0.6) is 0 Å². The van der Waals surface area contributed by atoms with Crippen LogP contribution in [0.2, 0.25) is 0 Å². The average Bonchev–Trinajstić information content (AvgIpc) is 2.61. The van der Waals surface area contributed by atoms with Crippen molar-refractivity contribution in [1.29, 1.82) is 5.41 Å². The maximum Gasteiger partial charge on any atom is 0.251 e. The molecular formula is C19H21FN4O2. The van der Waals surface area contributed by atoms with Crippen molar-refractivity contribution >= 4 is 23.2 Å². The summed E-state index contributed by atoms with van der Waals surface area (Å²) < 4.78 is 13.1. The van der Waals surface area contributed by atoms with Gasteiger partial charge in [-0.3, -0.25) is 15.0 Å². The number of benzene rings is 2. The monoisotopic (exact) mass is 356 g/mol. The van der Waals surface area contributed by atoms with Crippen molar-refractivity contribution in [1.82, 2.24) is 10.2 Å². The highest BCUT2D eigenvalue weighted by atomic mass is 19.1. The molecule has 0 radical (unpaired) electrons. The number of hydrogen-bond acceptors (Lipinski definition) is 4. The van der Waals surface area contributed by atoms with E-state index in [9.17, 15) is 14.0 Å². The molecule has 0 aromatic heterocycles. The highest BCUT2D eigenvalue weighted by Crippen LogP contribution is 2.19. The van der Waals surface area contributed by atoms with Crippen molar-refractivity contribution in [3.63, 3.8) is 0 Å². The van der Waals surface area contributed by atoms with Crippen molar-refractivity contribution in [3.8, 4) is 0 Å². The first-order chi connectivity index (χ1) is 12.3. The third-order valence-corrected chi connectivity index (χ3v) is 3.84. The number of anilines is 1. The minimum Gasteiger partial charge on any atom is -0.398 e. The molecule has 2 aromatic carbocycles. The smallest absolute Gasteiger partial charge is 0.251 e. The molecule has 2 aromatic rings. The van der Waals surface area contributed by atoms with Gasteiger partial charge in [-0.2, -0.15) is 0 Å². The summed E-state index contributed by atoms with van der Waals surface area (Å²) in [5, 5.41) is 10.9. The number of halogens is 1. The van der Waals surface area contributed by atoms with Gasteiger partial charge in [0.1, 0.15) is 5.82 Å². The Balaban J connectivity index is 2.13. The number of nitrogens with zero attached hydrogens (tertiary/aromatic N) is 1. The number of amides is 2. The molecule has 7 heteroatoms. The van der Waals surface area contributed by atoms with Gasteiger partial charge in [0.2, 0.25) is 5.91 Å². The van der Waals surface area contributed by atoms with E-state index in [1.165, 1.54) is 35.2 Å². The van der Waals surface area contributed by atoms with Crippen LogP contribution in [0, 0.1) is 11.2 Å². The Hall–Kier alpha value is -3.22. The first-order valence-electron chi connectivity index (χ1n) is 8.02. The second kappa shape index (κ2) is 8.24. The standard InChI is InChI=1S/C19H21FN4O2/c1-24(2)17(25)9-10-23-19(26)13-5-8-16(21)15(11-13)18(22)12-3-6-14(20)7-4-12/h3-8,11,22H,9-10,21H2,1-2H3,(H,23,26). The Morgan fingerprint density at radius 2 is 1.73 bits per heavy atom. The van der Waals surface area contributed by atoms with Crippen LogP contribution in [0.15, 0.2) is 42.5 Å². The van der Waals surface area contributed by atoms with E-state index in [2.05, 4.69) is 5.32 Å². The van der Waals surface area contributed by atoms with Crippen LogP contribution in [-0.2, 0) is 4.79 Å². The number of carbonyl (C=O) groups is 2. The summed E-state index contributed by atoms with van der Waals surface area (Å²) in [4.78, 5) is 25.3. The van der Waals surface area contributed by atoms with E-state index in [0.717, 1.165) is 0 Å². The van der Waals surface area contributed by atoms with Gasteiger partial charge in [-0.05, 0) is 42.5 Å². The van der Waals surface area contributed by atoms with Crippen molar-refractivity contribution in [2.24, 2.45) is 0 Å². The fraction of sp³-hybridized carbons (Fsp3) is 0.211. The van der Waals surface area contributed by atoms with Gasteiger partial charge in [0, 0.05) is 49.4 Å². The van der Waals surface area contributed by atoms with Crippen LogP contribution in [-0.4, -0.2) is 43.1 Å². The van der Waals surface area contributed by atoms with Crippen LogP contribution in [0.4, 0.5) is 10.1 Å². The lowest BCUT2D eigenvalue weighted by Crippen LogP contribution is -2.30. The first-order valence-corrected chi connectivity index (χ1v) is 8.02. The molecule has 0 spiro atoms. The zero-order valence-corrected chi connectivity index (χ0v) is 14.7. The Labute approximate surface area is 151 Å². The summed E-state index contributed by atoms with van der Waals surface area (Å²) in [5.74, 6) is -0.832. The zero-order valence-electron chi connectivity index (χ0n) is 14.7. The van der Waals surface area contributed by atoms with E-state index < -0.39 is 5.82 Å². The molecule has 0 saturated heterocycles. The van der Waals surface area contributed by atoms with Crippen molar-refractivity contribution in [3.05, 3.63) is 65.0 Å². The predicted molar refractivity (Wildman–Crippen MR) is 98.8 cm³/mol. The molecule has 6 nitrogen and oxygen atoms in total. The Morgan fingerprint density at radius 3 is 2.35 bits per heavy atom. The Morgan fingerprint density at radius 1 is 1.12 bits per heavy atom. The molecule has 0 saturated carbocycles. The number of nitrogen functional groups attached to an aromatic ring is 1. The van der Waals surface area contributed by atoms with Gasteiger partial charge in [-0.1, -0.05) is 0 Å². The van der Waals surface area contributed by atoms with E-state index >= 15 is 0 Å². The maximum absolute atomic E-state index is 13.1. The predicted octanol–water partition coefficient (Wildman–Crippen LogP) is 2.03. The van der Waals surface area contributed by atoms with Gasteiger partial charge in [-0.15, -0.1) is 0 Å². The lowest BCUT2D eigenvalue weighted by Gasteiger charge is -2.12. The van der Waals surface area contributed by atoms with Crippen molar-refractivity contribution in [2.75, 3.05) is 26.4 Å². The van der Waals surface area contributed by atoms with Gasteiger partial charge >= 0.3 is 0 Å². The SMILES string of the molecule is CN(C)C(=O)CCNC(=O)c1ccc(N)c(C(=N)c2ccc(F)cc2)c1. The van der Waals surface area contributed by atoms with E-state index in [4.69, 9.17) is 11.1 Å². The largest absolute Gasteiger partial charge is 0.398 e. The quantitative estimate of drug-likeness (QED) is 0.545. The normalized spacial score (nSPS) is 10.3. The fourth-order valence-electron chi connectivity index (χ4n) is 2.29. The third kappa shape index (κ3) is 4.66. The summed E-state index contributed by atoms with van der Waals surface area (Å²) >= 11 is 0. The fourth-order valence-corrected chi connectivity index (χ4v) is 2.29. The number of rotatable bonds is 6. The molecule has 0 aliphatic rings. The molecule has 0 atom stereocenters. The van der Waals surface area contributed by atoms with Gasteiger partial charge in [-0.25, -0.2) is 4.39 Å². The molecular weight excluding hydrogens is 335 g/mol. The molecule has 0 unspecified atom stereocenters. The Kier molecular flexibility index (Phi) is 6.06. The molecule has 0 bridgehead atoms. The highest BCUT2D eigenvalue weighted by molar-refractivity contribution is 6.14. The Bertz CT molecular complexity index is 832.